The fraction of sp³-hybridized carbons (Fsp3) is 0.278. The molecule has 1 atom stereocenters. The molecule has 0 fully saturated rings. The Morgan fingerprint density at radius 1 is 1.10 bits per heavy atom. The van der Waals surface area contributed by atoms with Crippen molar-refractivity contribution in [2.75, 3.05) is 0 Å². The summed E-state index contributed by atoms with van der Waals surface area (Å²) in [7, 11) is 0. The molecule has 0 aromatic heterocycles. The minimum atomic E-state index is -0.945. The van der Waals surface area contributed by atoms with E-state index >= 15 is 0 Å². The third kappa shape index (κ3) is 3.85. The van der Waals surface area contributed by atoms with Crippen LogP contribution in [0.1, 0.15) is 22.3 Å². The van der Waals surface area contributed by atoms with Gasteiger partial charge >= 0.3 is 5.97 Å². The molecule has 2 rings (SSSR count). The molecule has 0 saturated heterocycles. The monoisotopic (exact) mass is 284 g/mol. The van der Waals surface area contributed by atoms with Crippen molar-refractivity contribution < 1.29 is 14.6 Å². The summed E-state index contributed by atoms with van der Waals surface area (Å²) >= 11 is 0. The molecule has 0 aliphatic rings. The van der Waals surface area contributed by atoms with Gasteiger partial charge in [0.1, 0.15) is 5.75 Å². The zero-order chi connectivity index (χ0) is 15.4. The molecule has 110 valence electrons. The van der Waals surface area contributed by atoms with Gasteiger partial charge in [-0.05, 0) is 43.5 Å². The lowest BCUT2D eigenvalue weighted by molar-refractivity contribution is -0.145. The van der Waals surface area contributed by atoms with Gasteiger partial charge in [-0.3, -0.25) is 0 Å². The average Bonchev–Trinajstić information content (AvgIpc) is 2.44. The smallest absolute Gasteiger partial charge is 0.345 e. The normalized spacial score (nSPS) is 12.0. The van der Waals surface area contributed by atoms with Crippen LogP contribution in [0.2, 0.25) is 0 Å². The van der Waals surface area contributed by atoms with E-state index in [2.05, 4.69) is 0 Å². The first-order chi connectivity index (χ1) is 9.97. The third-order valence-electron chi connectivity index (χ3n) is 3.55. The van der Waals surface area contributed by atoms with E-state index in [0.29, 0.717) is 12.2 Å². The second-order valence-electron chi connectivity index (χ2n) is 5.34. The van der Waals surface area contributed by atoms with Crippen molar-refractivity contribution >= 4 is 5.97 Å². The highest BCUT2D eigenvalue weighted by molar-refractivity contribution is 5.73. The quantitative estimate of drug-likeness (QED) is 0.911. The second kappa shape index (κ2) is 6.44. The maximum atomic E-state index is 11.5. The molecule has 3 heteroatoms. The second-order valence-corrected chi connectivity index (χ2v) is 5.34. The third-order valence-corrected chi connectivity index (χ3v) is 3.55. The van der Waals surface area contributed by atoms with Crippen molar-refractivity contribution in [1.29, 1.82) is 0 Å². The molecule has 1 N–H and O–H groups in total. The van der Waals surface area contributed by atoms with Crippen LogP contribution in [0.5, 0.6) is 5.75 Å². The highest BCUT2D eigenvalue weighted by atomic mass is 16.5. The van der Waals surface area contributed by atoms with Crippen LogP contribution in [-0.2, 0) is 11.2 Å². The summed E-state index contributed by atoms with van der Waals surface area (Å²) < 4.78 is 5.71. The van der Waals surface area contributed by atoms with Crippen LogP contribution in [0.3, 0.4) is 0 Å². The number of carboxylic acids is 1. The Labute approximate surface area is 125 Å². The highest BCUT2D eigenvalue weighted by Gasteiger charge is 2.21. The lowest BCUT2D eigenvalue weighted by Gasteiger charge is -2.18. The van der Waals surface area contributed by atoms with Gasteiger partial charge in [0.05, 0.1) is 0 Å². The summed E-state index contributed by atoms with van der Waals surface area (Å²) in [5, 5.41) is 9.42. The number of rotatable bonds is 5. The van der Waals surface area contributed by atoms with Gasteiger partial charge in [-0.2, -0.15) is 0 Å². The summed E-state index contributed by atoms with van der Waals surface area (Å²) in [4.78, 5) is 11.5. The summed E-state index contributed by atoms with van der Waals surface area (Å²) in [6.07, 6.45) is -0.524. The molecule has 0 spiro atoms. The minimum Gasteiger partial charge on any atom is -0.478 e. The van der Waals surface area contributed by atoms with Crippen molar-refractivity contribution in [3.8, 4) is 5.75 Å². The van der Waals surface area contributed by atoms with Gasteiger partial charge in [0.15, 0.2) is 6.10 Å². The predicted octanol–water partition coefficient (Wildman–Crippen LogP) is 3.69. The van der Waals surface area contributed by atoms with E-state index in [4.69, 9.17) is 4.74 Å². The van der Waals surface area contributed by atoms with Gasteiger partial charge in [0.25, 0.3) is 0 Å². The molecular formula is C18H20O3. The van der Waals surface area contributed by atoms with Crippen molar-refractivity contribution in [3.63, 3.8) is 0 Å². The number of benzene rings is 2. The SMILES string of the molecule is Cc1ccc(C)c(C[C@H](Oc2ccccc2C)C(=O)O)c1. The van der Waals surface area contributed by atoms with Crippen LogP contribution in [0, 0.1) is 20.8 Å². The van der Waals surface area contributed by atoms with E-state index in [0.717, 1.165) is 22.3 Å². The van der Waals surface area contributed by atoms with E-state index in [1.54, 1.807) is 6.07 Å². The summed E-state index contributed by atoms with van der Waals surface area (Å²) in [6.45, 7) is 5.90. The van der Waals surface area contributed by atoms with E-state index in [1.165, 1.54) is 0 Å². The van der Waals surface area contributed by atoms with Gasteiger partial charge in [-0.25, -0.2) is 4.79 Å². The minimum absolute atomic E-state index is 0.358. The molecular weight excluding hydrogens is 264 g/mol. The van der Waals surface area contributed by atoms with Crippen molar-refractivity contribution in [3.05, 3.63) is 64.7 Å². The molecule has 0 saturated carbocycles. The number of para-hydroxylation sites is 1. The Bertz CT molecular complexity index is 647. The van der Waals surface area contributed by atoms with E-state index < -0.39 is 12.1 Å². The van der Waals surface area contributed by atoms with Crippen LogP contribution in [-0.4, -0.2) is 17.2 Å². The molecule has 0 radical (unpaired) electrons. The number of hydrogen-bond acceptors (Lipinski definition) is 2. The predicted molar refractivity (Wildman–Crippen MR) is 82.9 cm³/mol. The van der Waals surface area contributed by atoms with Crippen LogP contribution >= 0.6 is 0 Å². The fourth-order valence-corrected chi connectivity index (χ4v) is 2.24. The molecule has 0 aliphatic heterocycles. The first-order valence-electron chi connectivity index (χ1n) is 6.98. The van der Waals surface area contributed by atoms with E-state index in [9.17, 15) is 9.90 Å². The molecule has 2 aromatic carbocycles. The number of aliphatic carboxylic acids is 1. The van der Waals surface area contributed by atoms with Gasteiger partial charge < -0.3 is 9.84 Å². The maximum Gasteiger partial charge on any atom is 0.345 e. The Morgan fingerprint density at radius 3 is 2.48 bits per heavy atom. The van der Waals surface area contributed by atoms with Gasteiger partial charge in [-0.1, -0.05) is 42.0 Å². The van der Waals surface area contributed by atoms with Crippen molar-refractivity contribution in [2.45, 2.75) is 33.3 Å². The largest absolute Gasteiger partial charge is 0.478 e. The number of ether oxygens (including phenoxy) is 1. The zero-order valence-electron chi connectivity index (χ0n) is 12.6. The van der Waals surface area contributed by atoms with E-state index in [-0.39, 0.29) is 0 Å². The first kappa shape index (κ1) is 15.1. The molecule has 2 aromatic rings. The molecule has 0 unspecified atom stereocenters. The molecule has 21 heavy (non-hydrogen) atoms. The first-order valence-corrected chi connectivity index (χ1v) is 6.98. The standard InChI is InChI=1S/C18H20O3/c1-12-8-9-13(2)15(10-12)11-17(18(19)20)21-16-7-5-4-6-14(16)3/h4-10,17H,11H2,1-3H3,(H,19,20)/t17-/m0/s1. The summed E-state index contributed by atoms with van der Waals surface area (Å²) in [5.74, 6) is -0.325. The Balaban J connectivity index is 2.22. The molecule has 0 heterocycles. The average molecular weight is 284 g/mol. The van der Waals surface area contributed by atoms with Crippen LogP contribution in [0.15, 0.2) is 42.5 Å². The van der Waals surface area contributed by atoms with Crippen LogP contribution in [0.25, 0.3) is 0 Å². The van der Waals surface area contributed by atoms with E-state index in [1.807, 2.05) is 57.2 Å². The van der Waals surface area contributed by atoms with Gasteiger partial charge in [0, 0.05) is 6.42 Å². The van der Waals surface area contributed by atoms with Gasteiger partial charge in [0.2, 0.25) is 0 Å². The van der Waals surface area contributed by atoms with Crippen LogP contribution < -0.4 is 4.74 Å². The Morgan fingerprint density at radius 2 is 1.81 bits per heavy atom. The number of carbonyl (C=O) groups is 1. The Hall–Kier alpha value is -2.29. The maximum absolute atomic E-state index is 11.5. The molecule has 0 bridgehead atoms. The lowest BCUT2D eigenvalue weighted by atomic mass is 10.00. The summed E-state index contributed by atoms with van der Waals surface area (Å²) in [5.41, 5.74) is 4.15. The molecule has 0 aliphatic carbocycles. The fourth-order valence-electron chi connectivity index (χ4n) is 2.24. The van der Waals surface area contributed by atoms with Crippen LogP contribution in [0.4, 0.5) is 0 Å². The Kier molecular flexibility index (Phi) is 4.63. The van der Waals surface area contributed by atoms with Crippen molar-refractivity contribution in [2.24, 2.45) is 0 Å². The number of carboxylic acid groups (broad SMARTS) is 1. The van der Waals surface area contributed by atoms with Gasteiger partial charge in [-0.15, -0.1) is 0 Å². The van der Waals surface area contributed by atoms with Crippen molar-refractivity contribution in [1.82, 2.24) is 0 Å². The highest BCUT2D eigenvalue weighted by Crippen LogP contribution is 2.21. The number of aryl methyl sites for hydroxylation is 3. The topological polar surface area (TPSA) is 46.5 Å². The molecule has 3 nitrogen and oxygen atoms in total. The molecule has 0 amide bonds. The lowest BCUT2D eigenvalue weighted by Crippen LogP contribution is -2.30. The summed E-state index contributed by atoms with van der Waals surface area (Å²) in [6, 6.07) is 13.5. The zero-order valence-corrected chi connectivity index (χ0v) is 12.6. The number of hydrogen-bond donors (Lipinski definition) is 1.